The van der Waals surface area contributed by atoms with Crippen LogP contribution in [-0.4, -0.2) is 46.3 Å². The molecule has 0 unspecified atom stereocenters. The third-order valence-corrected chi connectivity index (χ3v) is 4.68. The maximum Gasteiger partial charge on any atom is 0.342 e. The summed E-state index contributed by atoms with van der Waals surface area (Å²) in [5.74, 6) is -0.630. The molecule has 3 rings (SSSR count). The molecule has 0 atom stereocenters. The molecule has 172 valence electrons. The zero-order valence-electron chi connectivity index (χ0n) is 18.7. The van der Waals surface area contributed by atoms with Crippen LogP contribution in [0.5, 0.6) is 17.2 Å². The zero-order valence-corrected chi connectivity index (χ0v) is 18.7. The summed E-state index contributed by atoms with van der Waals surface area (Å²) in [7, 11) is 5.41. The van der Waals surface area contributed by atoms with E-state index in [1.807, 2.05) is 0 Å². The van der Waals surface area contributed by atoms with Gasteiger partial charge in [-0.05, 0) is 42.0 Å². The van der Waals surface area contributed by atoms with Crippen LogP contribution in [0.4, 0.5) is 0 Å². The Hall–Kier alpha value is -4.27. The number of hydrogen-bond acceptors (Lipinski definition) is 9. The highest BCUT2D eigenvalue weighted by Crippen LogP contribution is 2.41. The third kappa shape index (κ3) is 4.82. The number of carbonyl (C=O) groups is 3. The normalized spacial score (nSPS) is 10.8. The van der Waals surface area contributed by atoms with Gasteiger partial charge in [-0.25, -0.2) is 9.59 Å². The first-order chi connectivity index (χ1) is 15.8. The van der Waals surface area contributed by atoms with Gasteiger partial charge in [-0.2, -0.15) is 0 Å². The lowest BCUT2D eigenvalue weighted by atomic mass is 10.0. The Morgan fingerprint density at radius 3 is 2.21 bits per heavy atom. The molecule has 33 heavy (non-hydrogen) atoms. The highest BCUT2D eigenvalue weighted by Gasteiger charge is 2.26. The Labute approximate surface area is 189 Å². The fraction of sp³-hybridized carbons (Fsp3) is 0.208. The average Bonchev–Trinajstić information content (AvgIpc) is 3.20. The van der Waals surface area contributed by atoms with Crippen molar-refractivity contribution in [2.75, 3.05) is 28.4 Å². The summed E-state index contributed by atoms with van der Waals surface area (Å²) in [4.78, 5) is 35.6. The van der Waals surface area contributed by atoms with Crippen LogP contribution in [0.3, 0.4) is 0 Å². The zero-order chi connectivity index (χ0) is 24.1. The maximum absolute atomic E-state index is 12.8. The highest BCUT2D eigenvalue weighted by molar-refractivity contribution is 6.10. The Kier molecular flexibility index (Phi) is 7.02. The number of carbonyl (C=O) groups excluding carboxylic acids is 3. The second-order valence-electron chi connectivity index (χ2n) is 6.71. The largest absolute Gasteiger partial charge is 0.493 e. The minimum atomic E-state index is -0.636. The number of ether oxygens (including phenoxy) is 5. The van der Waals surface area contributed by atoms with Gasteiger partial charge in [0.05, 0.1) is 28.4 Å². The van der Waals surface area contributed by atoms with Crippen LogP contribution in [0.1, 0.15) is 22.8 Å². The van der Waals surface area contributed by atoms with Crippen molar-refractivity contribution in [3.63, 3.8) is 0 Å². The lowest BCUT2D eigenvalue weighted by molar-refractivity contribution is -0.135. The lowest BCUT2D eigenvalue weighted by Crippen LogP contribution is -2.04. The van der Waals surface area contributed by atoms with E-state index in [-0.39, 0.29) is 22.8 Å². The van der Waals surface area contributed by atoms with Crippen molar-refractivity contribution in [2.24, 2.45) is 0 Å². The molecule has 0 radical (unpaired) electrons. The SMILES string of the molecule is COC(=O)/C=C/c1cc(OC)c2oc(-c3ccc(OC(C)=O)c(OC)c3)c(C(=O)OC)c2c1. The summed E-state index contributed by atoms with van der Waals surface area (Å²) >= 11 is 0. The summed E-state index contributed by atoms with van der Waals surface area (Å²) < 4.78 is 31.6. The number of esters is 3. The fourth-order valence-corrected chi connectivity index (χ4v) is 3.23. The first-order valence-corrected chi connectivity index (χ1v) is 9.68. The van der Waals surface area contributed by atoms with Gasteiger partial charge < -0.3 is 28.1 Å². The lowest BCUT2D eigenvalue weighted by Gasteiger charge is -2.09. The monoisotopic (exact) mass is 454 g/mol. The van der Waals surface area contributed by atoms with Crippen LogP contribution < -0.4 is 14.2 Å². The third-order valence-electron chi connectivity index (χ3n) is 4.68. The van der Waals surface area contributed by atoms with Crippen LogP contribution in [0.2, 0.25) is 0 Å². The molecule has 0 fully saturated rings. The van der Waals surface area contributed by atoms with Crippen molar-refractivity contribution in [1.82, 2.24) is 0 Å². The quantitative estimate of drug-likeness (QED) is 0.297. The number of benzene rings is 2. The maximum atomic E-state index is 12.8. The topological polar surface area (TPSA) is 111 Å². The van der Waals surface area contributed by atoms with Crippen LogP contribution in [0.15, 0.2) is 40.8 Å². The Morgan fingerprint density at radius 1 is 0.879 bits per heavy atom. The minimum absolute atomic E-state index is 0.154. The van der Waals surface area contributed by atoms with Crippen LogP contribution in [0.25, 0.3) is 28.4 Å². The molecule has 1 aromatic heterocycles. The van der Waals surface area contributed by atoms with Gasteiger partial charge in [-0.3, -0.25) is 4.79 Å². The molecule has 0 aliphatic rings. The summed E-state index contributed by atoms with van der Waals surface area (Å²) in [6, 6.07) is 8.05. The first kappa shape index (κ1) is 23.4. The van der Waals surface area contributed by atoms with Crippen molar-refractivity contribution < 1.29 is 42.5 Å². The molecule has 0 bridgehead atoms. The van der Waals surface area contributed by atoms with E-state index >= 15 is 0 Å². The number of hydrogen-bond donors (Lipinski definition) is 0. The molecular weight excluding hydrogens is 432 g/mol. The Balaban J connectivity index is 2.26. The molecule has 0 saturated carbocycles. The van der Waals surface area contributed by atoms with Gasteiger partial charge in [0, 0.05) is 23.9 Å². The number of rotatable bonds is 7. The molecule has 0 N–H and O–H groups in total. The number of furan rings is 1. The van der Waals surface area contributed by atoms with Crippen LogP contribution in [-0.2, 0) is 19.1 Å². The predicted octanol–water partition coefficient (Wildman–Crippen LogP) is 4.02. The fourth-order valence-electron chi connectivity index (χ4n) is 3.23. The molecule has 0 aliphatic carbocycles. The summed E-state index contributed by atoms with van der Waals surface area (Å²) in [6.45, 7) is 1.28. The van der Waals surface area contributed by atoms with Gasteiger partial charge in [-0.1, -0.05) is 0 Å². The molecule has 2 aromatic carbocycles. The van der Waals surface area contributed by atoms with E-state index in [2.05, 4.69) is 4.74 Å². The molecule has 1 heterocycles. The van der Waals surface area contributed by atoms with E-state index in [9.17, 15) is 14.4 Å². The summed E-state index contributed by atoms with van der Waals surface area (Å²) in [5, 5.41) is 0.420. The van der Waals surface area contributed by atoms with E-state index in [1.54, 1.807) is 24.3 Å². The van der Waals surface area contributed by atoms with Crippen molar-refractivity contribution in [3.8, 4) is 28.6 Å². The van der Waals surface area contributed by atoms with Crippen molar-refractivity contribution in [2.45, 2.75) is 6.92 Å². The van der Waals surface area contributed by atoms with Gasteiger partial charge >= 0.3 is 17.9 Å². The van der Waals surface area contributed by atoms with Gasteiger partial charge in [-0.15, -0.1) is 0 Å². The summed E-state index contributed by atoms with van der Waals surface area (Å²) in [5.41, 5.74) is 1.52. The molecule has 9 nitrogen and oxygen atoms in total. The smallest absolute Gasteiger partial charge is 0.342 e. The van der Waals surface area contributed by atoms with Gasteiger partial charge in [0.2, 0.25) is 0 Å². The van der Waals surface area contributed by atoms with Gasteiger partial charge in [0.1, 0.15) is 11.3 Å². The first-order valence-electron chi connectivity index (χ1n) is 9.68. The van der Waals surface area contributed by atoms with E-state index in [0.29, 0.717) is 27.8 Å². The average molecular weight is 454 g/mol. The Bertz CT molecular complexity index is 1250. The van der Waals surface area contributed by atoms with E-state index in [4.69, 9.17) is 23.4 Å². The van der Waals surface area contributed by atoms with Crippen molar-refractivity contribution in [1.29, 1.82) is 0 Å². The highest BCUT2D eigenvalue weighted by atomic mass is 16.6. The van der Waals surface area contributed by atoms with Crippen LogP contribution in [0, 0.1) is 0 Å². The number of methoxy groups -OCH3 is 4. The molecule has 0 saturated heterocycles. The standard InChI is InChI=1S/C24H22O9/c1-13(25)32-17-8-7-15(12-18(17)28-2)22-21(24(27)31-5)16-10-14(6-9-20(26)30-4)11-19(29-3)23(16)33-22/h6-12H,1-5H3/b9-6+. The molecular formula is C24H22O9. The number of fused-ring (bicyclic) bond motifs is 1. The van der Waals surface area contributed by atoms with Crippen molar-refractivity contribution >= 4 is 35.0 Å². The molecule has 0 amide bonds. The van der Waals surface area contributed by atoms with Gasteiger partial charge in [0.15, 0.2) is 22.8 Å². The Morgan fingerprint density at radius 2 is 1.61 bits per heavy atom. The van der Waals surface area contributed by atoms with Gasteiger partial charge in [0.25, 0.3) is 0 Å². The van der Waals surface area contributed by atoms with Crippen LogP contribution >= 0.6 is 0 Å². The van der Waals surface area contributed by atoms with Crippen molar-refractivity contribution in [3.05, 3.63) is 47.5 Å². The second-order valence-corrected chi connectivity index (χ2v) is 6.71. The van der Waals surface area contributed by atoms with E-state index < -0.39 is 17.9 Å². The molecule has 3 aromatic rings. The van der Waals surface area contributed by atoms with E-state index in [0.717, 1.165) is 0 Å². The van der Waals surface area contributed by atoms with E-state index in [1.165, 1.54) is 53.6 Å². The summed E-state index contributed by atoms with van der Waals surface area (Å²) in [6.07, 6.45) is 2.77. The second kappa shape index (κ2) is 9.90. The molecule has 0 spiro atoms. The molecule has 0 aliphatic heterocycles. The minimum Gasteiger partial charge on any atom is -0.493 e. The predicted molar refractivity (Wildman–Crippen MR) is 118 cm³/mol. The molecule has 9 heteroatoms.